The van der Waals surface area contributed by atoms with Crippen LogP contribution in [-0.2, 0) is 0 Å². The lowest BCUT2D eigenvalue weighted by molar-refractivity contribution is -0.0498. The Hall–Kier alpha value is -2.64. The zero-order valence-electron chi connectivity index (χ0n) is 9.56. The molecule has 100 valence electrons. The second kappa shape index (κ2) is 5.80. The van der Waals surface area contributed by atoms with Crippen molar-refractivity contribution in [3.8, 4) is 5.75 Å². The third-order valence-electron chi connectivity index (χ3n) is 2.09. The highest BCUT2D eigenvalue weighted by Crippen LogP contribution is 2.17. The molecule has 6 nitrogen and oxygen atoms in total. The quantitative estimate of drug-likeness (QED) is 0.797. The number of urea groups is 1. The molecule has 1 aromatic carbocycles. The molecule has 8 heteroatoms. The smallest absolute Gasteiger partial charge is 0.387 e. The maximum atomic E-state index is 11.9. The first-order valence-electron chi connectivity index (χ1n) is 5.25. The Morgan fingerprint density at radius 2 is 1.89 bits per heavy atom. The molecule has 0 aliphatic carbocycles. The molecule has 0 radical (unpaired) electrons. The number of benzene rings is 1. The maximum Gasteiger partial charge on any atom is 0.387 e. The van der Waals surface area contributed by atoms with Crippen molar-refractivity contribution in [2.24, 2.45) is 0 Å². The predicted octanol–water partition coefficient (Wildman–Crippen LogP) is 2.66. The Morgan fingerprint density at radius 1 is 1.21 bits per heavy atom. The lowest BCUT2D eigenvalue weighted by Crippen LogP contribution is -2.19. The summed E-state index contributed by atoms with van der Waals surface area (Å²) in [6.45, 7) is -2.87. The number of hydrogen-bond acceptors (Lipinski definition) is 3. The SMILES string of the molecule is O=C(Nc1ccc(OC(F)F)cc1)Nc1cn[nH]c1. The van der Waals surface area contributed by atoms with Crippen LogP contribution < -0.4 is 15.4 Å². The first kappa shape index (κ1) is 12.8. The average Bonchev–Trinajstić information content (AvgIpc) is 2.83. The van der Waals surface area contributed by atoms with Crippen LogP contribution in [0.1, 0.15) is 0 Å². The molecule has 0 bridgehead atoms. The topological polar surface area (TPSA) is 79.0 Å². The van der Waals surface area contributed by atoms with Crippen LogP contribution in [0, 0.1) is 0 Å². The van der Waals surface area contributed by atoms with Crippen molar-refractivity contribution in [1.82, 2.24) is 10.2 Å². The van der Waals surface area contributed by atoms with Crippen molar-refractivity contribution in [3.05, 3.63) is 36.7 Å². The number of carbonyl (C=O) groups is 1. The van der Waals surface area contributed by atoms with Crippen LogP contribution in [0.5, 0.6) is 5.75 Å². The molecule has 0 aliphatic rings. The van der Waals surface area contributed by atoms with Crippen LogP contribution in [0.25, 0.3) is 0 Å². The van der Waals surface area contributed by atoms with Gasteiger partial charge in [0.15, 0.2) is 0 Å². The first-order valence-corrected chi connectivity index (χ1v) is 5.25. The molecule has 2 rings (SSSR count). The van der Waals surface area contributed by atoms with Gasteiger partial charge in [-0.1, -0.05) is 0 Å². The van der Waals surface area contributed by atoms with E-state index in [0.717, 1.165) is 0 Å². The molecule has 1 aromatic heterocycles. The van der Waals surface area contributed by atoms with Crippen molar-refractivity contribution in [2.45, 2.75) is 6.61 Å². The third kappa shape index (κ3) is 3.95. The van der Waals surface area contributed by atoms with Gasteiger partial charge < -0.3 is 15.4 Å². The lowest BCUT2D eigenvalue weighted by Gasteiger charge is -2.07. The van der Waals surface area contributed by atoms with E-state index in [2.05, 4.69) is 25.6 Å². The number of aromatic nitrogens is 2. The van der Waals surface area contributed by atoms with Gasteiger partial charge in [-0.15, -0.1) is 0 Å². The van der Waals surface area contributed by atoms with Crippen LogP contribution in [0.4, 0.5) is 25.0 Å². The van der Waals surface area contributed by atoms with Gasteiger partial charge in [-0.05, 0) is 24.3 Å². The van der Waals surface area contributed by atoms with Gasteiger partial charge in [0.2, 0.25) is 0 Å². The van der Waals surface area contributed by atoms with Crippen molar-refractivity contribution in [1.29, 1.82) is 0 Å². The summed E-state index contributed by atoms with van der Waals surface area (Å²) in [4.78, 5) is 11.5. The molecule has 1 heterocycles. The second-order valence-electron chi connectivity index (χ2n) is 3.47. The van der Waals surface area contributed by atoms with E-state index in [1.807, 2.05) is 0 Å². The molecule has 0 aliphatic heterocycles. The Balaban J connectivity index is 1.90. The van der Waals surface area contributed by atoms with Gasteiger partial charge in [0, 0.05) is 11.9 Å². The number of rotatable bonds is 4. The summed E-state index contributed by atoms with van der Waals surface area (Å²) in [6.07, 6.45) is 2.96. The van der Waals surface area contributed by atoms with Crippen LogP contribution in [0.2, 0.25) is 0 Å². The summed E-state index contributed by atoms with van der Waals surface area (Å²) in [7, 11) is 0. The van der Waals surface area contributed by atoms with E-state index in [4.69, 9.17) is 0 Å². The number of H-pyrrole nitrogens is 1. The zero-order valence-corrected chi connectivity index (χ0v) is 9.56. The molecule has 2 amide bonds. The van der Waals surface area contributed by atoms with Gasteiger partial charge in [0.25, 0.3) is 0 Å². The molecule has 0 spiro atoms. The van der Waals surface area contributed by atoms with Crippen molar-refractivity contribution in [2.75, 3.05) is 10.6 Å². The fraction of sp³-hybridized carbons (Fsp3) is 0.0909. The minimum absolute atomic E-state index is 0.0239. The molecule has 3 N–H and O–H groups in total. The summed E-state index contributed by atoms with van der Waals surface area (Å²) >= 11 is 0. The van der Waals surface area contributed by atoms with Gasteiger partial charge >= 0.3 is 12.6 Å². The Kier molecular flexibility index (Phi) is 3.91. The standard InChI is InChI=1S/C11H10F2N4O2/c12-10(13)19-9-3-1-7(2-4-9)16-11(18)17-8-5-14-15-6-8/h1-6,10H,(H,14,15)(H2,16,17,18). The minimum Gasteiger partial charge on any atom is -0.435 e. The van der Waals surface area contributed by atoms with E-state index in [9.17, 15) is 13.6 Å². The third-order valence-corrected chi connectivity index (χ3v) is 2.09. The number of anilines is 2. The van der Waals surface area contributed by atoms with E-state index >= 15 is 0 Å². The maximum absolute atomic E-state index is 11.9. The molecule has 2 aromatic rings. The largest absolute Gasteiger partial charge is 0.435 e. The number of aromatic amines is 1. The number of halogens is 2. The van der Waals surface area contributed by atoms with E-state index in [1.165, 1.54) is 36.7 Å². The highest BCUT2D eigenvalue weighted by molar-refractivity contribution is 5.99. The van der Waals surface area contributed by atoms with Crippen LogP contribution in [0.15, 0.2) is 36.7 Å². The van der Waals surface area contributed by atoms with Gasteiger partial charge in [-0.2, -0.15) is 13.9 Å². The summed E-state index contributed by atoms with van der Waals surface area (Å²) in [5, 5.41) is 11.3. The van der Waals surface area contributed by atoms with Gasteiger partial charge in [0.05, 0.1) is 11.9 Å². The first-order chi connectivity index (χ1) is 9.13. The summed E-state index contributed by atoms with van der Waals surface area (Å²) < 4.78 is 28.0. The van der Waals surface area contributed by atoms with Crippen LogP contribution in [0.3, 0.4) is 0 Å². The summed E-state index contributed by atoms with van der Waals surface area (Å²) in [5.41, 5.74) is 0.956. The van der Waals surface area contributed by atoms with Crippen molar-refractivity contribution in [3.63, 3.8) is 0 Å². The summed E-state index contributed by atoms with van der Waals surface area (Å²) in [5.74, 6) is 0.0239. The van der Waals surface area contributed by atoms with E-state index in [0.29, 0.717) is 11.4 Å². The summed E-state index contributed by atoms with van der Waals surface area (Å²) in [6, 6.07) is 5.10. The second-order valence-corrected chi connectivity index (χ2v) is 3.47. The highest BCUT2D eigenvalue weighted by atomic mass is 19.3. The number of hydrogen-bond donors (Lipinski definition) is 3. The van der Waals surface area contributed by atoms with Gasteiger partial charge in [-0.25, -0.2) is 4.79 Å². The van der Waals surface area contributed by atoms with E-state index < -0.39 is 12.6 Å². The molecular weight excluding hydrogens is 258 g/mol. The molecule has 0 saturated carbocycles. The van der Waals surface area contributed by atoms with Crippen LogP contribution >= 0.6 is 0 Å². The number of nitrogens with zero attached hydrogens (tertiary/aromatic N) is 1. The molecule has 0 fully saturated rings. The van der Waals surface area contributed by atoms with Crippen molar-refractivity contribution >= 4 is 17.4 Å². The van der Waals surface area contributed by atoms with Gasteiger partial charge in [-0.3, -0.25) is 5.10 Å². The molecule has 0 unspecified atom stereocenters. The number of carbonyl (C=O) groups excluding carboxylic acids is 1. The number of amides is 2. The van der Waals surface area contributed by atoms with E-state index in [1.54, 1.807) is 0 Å². The Morgan fingerprint density at radius 3 is 2.47 bits per heavy atom. The number of ether oxygens (including phenoxy) is 1. The fourth-order valence-corrected chi connectivity index (χ4v) is 1.33. The van der Waals surface area contributed by atoms with Gasteiger partial charge in [0.1, 0.15) is 5.75 Å². The molecule has 0 atom stereocenters. The Labute approximate surface area is 106 Å². The normalized spacial score (nSPS) is 10.3. The van der Waals surface area contributed by atoms with Crippen molar-refractivity contribution < 1.29 is 18.3 Å². The Bertz CT molecular complexity index is 528. The molecular formula is C11H10F2N4O2. The van der Waals surface area contributed by atoms with E-state index in [-0.39, 0.29) is 5.75 Å². The predicted molar refractivity (Wildman–Crippen MR) is 64.3 cm³/mol. The van der Waals surface area contributed by atoms with Crippen LogP contribution in [-0.4, -0.2) is 22.8 Å². The molecule has 0 saturated heterocycles. The fourth-order valence-electron chi connectivity index (χ4n) is 1.33. The minimum atomic E-state index is -2.87. The lowest BCUT2D eigenvalue weighted by atomic mass is 10.3. The average molecular weight is 268 g/mol. The number of nitrogens with one attached hydrogen (secondary N) is 3. The number of alkyl halides is 2. The highest BCUT2D eigenvalue weighted by Gasteiger charge is 2.06. The monoisotopic (exact) mass is 268 g/mol. The molecule has 19 heavy (non-hydrogen) atoms. The zero-order chi connectivity index (χ0) is 13.7.